The Hall–Kier alpha value is -1.99. The van der Waals surface area contributed by atoms with E-state index >= 15 is 0 Å². The van der Waals surface area contributed by atoms with Gasteiger partial charge in [0.15, 0.2) is 0 Å². The molecule has 0 aromatic carbocycles. The van der Waals surface area contributed by atoms with Gasteiger partial charge in [-0.1, -0.05) is 0 Å². The minimum atomic E-state index is -0.918. The zero-order valence-electron chi connectivity index (χ0n) is 13.1. The molecule has 1 saturated heterocycles. The third-order valence-corrected chi connectivity index (χ3v) is 4.79. The molecule has 1 amide bonds. The van der Waals surface area contributed by atoms with Crippen LogP contribution in [0.15, 0.2) is 35.3 Å². The molecule has 3 rings (SSSR count). The summed E-state index contributed by atoms with van der Waals surface area (Å²) in [6.07, 6.45) is 4.36. The number of carbonyl (C=O) groups is 1. The highest BCUT2D eigenvalue weighted by Crippen LogP contribution is 2.25. The van der Waals surface area contributed by atoms with Gasteiger partial charge in [0, 0.05) is 26.0 Å². The monoisotopic (exact) mass is 332 g/mol. The minimum Gasteiger partial charge on any atom is -0.386 e. The van der Waals surface area contributed by atoms with Crippen molar-refractivity contribution in [1.29, 1.82) is 0 Å². The number of carbonyl (C=O) groups excluding carboxylic acids is 1. The van der Waals surface area contributed by atoms with Crippen LogP contribution in [0.3, 0.4) is 0 Å². The molecule has 0 bridgehead atoms. The molecule has 1 N–H and O–H groups in total. The van der Waals surface area contributed by atoms with Crippen LogP contribution in [0, 0.1) is 0 Å². The van der Waals surface area contributed by atoms with Gasteiger partial charge in [-0.15, -0.1) is 0 Å². The van der Waals surface area contributed by atoms with Crippen LogP contribution in [0.25, 0.3) is 0 Å². The van der Waals surface area contributed by atoms with E-state index in [9.17, 15) is 9.90 Å². The van der Waals surface area contributed by atoms with Crippen LogP contribution in [-0.2, 0) is 11.2 Å². The van der Waals surface area contributed by atoms with E-state index in [0.29, 0.717) is 38.4 Å². The van der Waals surface area contributed by atoms with Crippen molar-refractivity contribution < 1.29 is 9.90 Å². The number of hydrogen-bond donors (Lipinski definition) is 1. The van der Waals surface area contributed by atoms with Gasteiger partial charge >= 0.3 is 0 Å². The van der Waals surface area contributed by atoms with E-state index in [1.165, 1.54) is 0 Å². The van der Waals surface area contributed by atoms with Gasteiger partial charge in [0.05, 0.1) is 19.5 Å². The van der Waals surface area contributed by atoms with E-state index in [4.69, 9.17) is 0 Å². The number of aliphatic hydroxyl groups is 1. The molecule has 1 fully saturated rings. The molecule has 1 atom stereocenters. The van der Waals surface area contributed by atoms with Gasteiger partial charge in [0.25, 0.3) is 0 Å². The zero-order chi connectivity index (χ0) is 16.3. The average Bonchev–Trinajstić information content (AvgIpc) is 3.18. The van der Waals surface area contributed by atoms with Gasteiger partial charge in [-0.05, 0) is 34.9 Å². The first kappa shape index (κ1) is 15.9. The second kappa shape index (κ2) is 6.64. The summed E-state index contributed by atoms with van der Waals surface area (Å²) in [6, 6.07) is 3.72. The van der Waals surface area contributed by atoms with Crippen molar-refractivity contribution in [3.63, 3.8) is 0 Å². The SMILES string of the molecule is CN(C[C@]1(O)CCN(c2ncccn2)C1)C(=O)Cc1ccsc1. The van der Waals surface area contributed by atoms with Crippen LogP contribution in [0.2, 0.25) is 0 Å². The Morgan fingerprint density at radius 2 is 2.26 bits per heavy atom. The Morgan fingerprint density at radius 3 is 2.96 bits per heavy atom. The summed E-state index contributed by atoms with van der Waals surface area (Å²) in [7, 11) is 1.74. The summed E-state index contributed by atoms with van der Waals surface area (Å²) in [5, 5.41) is 14.7. The second-order valence-corrected chi connectivity index (χ2v) is 6.78. The standard InChI is InChI=1S/C16H20N4O2S/c1-19(14(21)9-13-3-8-23-10-13)11-16(22)4-7-20(12-16)15-17-5-2-6-18-15/h2-3,5-6,8,10,22H,4,7,9,11-12H2,1H3/t16-/m1/s1. The Bertz CT molecular complexity index is 649. The lowest BCUT2D eigenvalue weighted by atomic mass is 10.0. The number of hydrogen-bond acceptors (Lipinski definition) is 6. The lowest BCUT2D eigenvalue weighted by Gasteiger charge is -2.29. The van der Waals surface area contributed by atoms with E-state index in [2.05, 4.69) is 9.97 Å². The minimum absolute atomic E-state index is 0.0197. The molecule has 0 radical (unpaired) electrons. The molecule has 7 heteroatoms. The van der Waals surface area contributed by atoms with Crippen LogP contribution >= 0.6 is 11.3 Å². The zero-order valence-corrected chi connectivity index (χ0v) is 13.9. The molecular formula is C16H20N4O2S. The first-order valence-corrected chi connectivity index (χ1v) is 8.49. The summed E-state index contributed by atoms with van der Waals surface area (Å²) >= 11 is 1.58. The molecule has 122 valence electrons. The second-order valence-electron chi connectivity index (χ2n) is 6.00. The van der Waals surface area contributed by atoms with Crippen molar-refractivity contribution in [3.8, 4) is 0 Å². The largest absolute Gasteiger partial charge is 0.386 e. The highest BCUT2D eigenvalue weighted by molar-refractivity contribution is 7.07. The van der Waals surface area contributed by atoms with Crippen LogP contribution in [0.1, 0.15) is 12.0 Å². The van der Waals surface area contributed by atoms with Gasteiger partial charge in [0.2, 0.25) is 11.9 Å². The summed E-state index contributed by atoms with van der Waals surface area (Å²) in [5.74, 6) is 0.641. The fraction of sp³-hybridized carbons (Fsp3) is 0.438. The molecule has 0 aliphatic carbocycles. The molecule has 1 aliphatic rings. The summed E-state index contributed by atoms with van der Waals surface area (Å²) < 4.78 is 0. The Kier molecular flexibility index (Phi) is 4.58. The number of anilines is 1. The number of likely N-dealkylation sites (N-methyl/N-ethyl adjacent to an activating group) is 1. The predicted octanol–water partition coefficient (Wildman–Crippen LogP) is 1.18. The van der Waals surface area contributed by atoms with Crippen molar-refractivity contribution >= 4 is 23.2 Å². The lowest BCUT2D eigenvalue weighted by Crippen LogP contribution is -2.46. The molecular weight excluding hydrogens is 312 g/mol. The third-order valence-electron chi connectivity index (χ3n) is 4.06. The van der Waals surface area contributed by atoms with Crippen LogP contribution < -0.4 is 4.90 Å². The average molecular weight is 332 g/mol. The molecule has 23 heavy (non-hydrogen) atoms. The Labute approximate surface area is 139 Å². The van der Waals surface area contributed by atoms with Gasteiger partial charge in [-0.2, -0.15) is 11.3 Å². The number of rotatable bonds is 5. The normalized spacial score (nSPS) is 20.7. The van der Waals surface area contributed by atoms with E-state index in [1.54, 1.807) is 41.7 Å². The first-order chi connectivity index (χ1) is 11.1. The van der Waals surface area contributed by atoms with Crippen molar-refractivity contribution in [2.75, 3.05) is 31.6 Å². The highest BCUT2D eigenvalue weighted by Gasteiger charge is 2.38. The molecule has 2 aromatic rings. The van der Waals surface area contributed by atoms with Gasteiger partial charge < -0.3 is 14.9 Å². The topological polar surface area (TPSA) is 69.6 Å². The van der Waals surface area contributed by atoms with E-state index in [1.807, 2.05) is 21.7 Å². The maximum atomic E-state index is 12.3. The van der Waals surface area contributed by atoms with Crippen LogP contribution in [-0.4, -0.2) is 58.2 Å². The highest BCUT2D eigenvalue weighted by atomic mass is 32.1. The van der Waals surface area contributed by atoms with E-state index in [0.717, 1.165) is 5.56 Å². The molecule has 6 nitrogen and oxygen atoms in total. The fourth-order valence-electron chi connectivity index (χ4n) is 2.84. The van der Waals surface area contributed by atoms with Crippen molar-refractivity contribution in [3.05, 3.63) is 40.8 Å². The van der Waals surface area contributed by atoms with Gasteiger partial charge in [-0.25, -0.2) is 9.97 Å². The summed E-state index contributed by atoms with van der Waals surface area (Å²) in [4.78, 5) is 24.3. The van der Waals surface area contributed by atoms with Crippen LogP contribution in [0.5, 0.6) is 0 Å². The Morgan fingerprint density at radius 1 is 1.48 bits per heavy atom. The van der Waals surface area contributed by atoms with E-state index < -0.39 is 5.60 Å². The molecule has 0 unspecified atom stereocenters. The molecule has 0 saturated carbocycles. The number of thiophene rings is 1. The van der Waals surface area contributed by atoms with Crippen molar-refractivity contribution in [1.82, 2.24) is 14.9 Å². The van der Waals surface area contributed by atoms with Crippen molar-refractivity contribution in [2.45, 2.75) is 18.4 Å². The molecule has 1 aliphatic heterocycles. The smallest absolute Gasteiger partial charge is 0.226 e. The van der Waals surface area contributed by atoms with Crippen molar-refractivity contribution in [2.24, 2.45) is 0 Å². The molecule has 3 heterocycles. The predicted molar refractivity (Wildman–Crippen MR) is 89.5 cm³/mol. The lowest BCUT2D eigenvalue weighted by molar-refractivity contribution is -0.132. The Balaban J connectivity index is 1.58. The fourth-order valence-corrected chi connectivity index (χ4v) is 3.51. The molecule has 2 aromatic heterocycles. The van der Waals surface area contributed by atoms with E-state index in [-0.39, 0.29) is 5.91 Å². The van der Waals surface area contributed by atoms with Crippen LogP contribution in [0.4, 0.5) is 5.95 Å². The van der Waals surface area contributed by atoms with Gasteiger partial charge in [0.1, 0.15) is 5.60 Å². The first-order valence-electron chi connectivity index (χ1n) is 7.55. The number of β-amino-alcohol motifs (C(OH)–C–C–N with tert-alkyl or cyclic N) is 1. The molecule has 0 spiro atoms. The summed E-state index contributed by atoms with van der Waals surface area (Å²) in [5.41, 5.74) is 0.0997. The number of amides is 1. The summed E-state index contributed by atoms with van der Waals surface area (Å²) in [6.45, 7) is 1.44. The number of aromatic nitrogens is 2. The number of nitrogens with zero attached hydrogens (tertiary/aromatic N) is 4. The maximum Gasteiger partial charge on any atom is 0.226 e. The van der Waals surface area contributed by atoms with Gasteiger partial charge in [-0.3, -0.25) is 4.79 Å². The quantitative estimate of drug-likeness (QED) is 0.890. The third kappa shape index (κ3) is 3.86. The maximum absolute atomic E-state index is 12.3.